The van der Waals surface area contributed by atoms with Crippen LogP contribution in [-0.4, -0.2) is 22.4 Å². The first-order valence-corrected chi connectivity index (χ1v) is 14.0. The van der Waals surface area contributed by atoms with Crippen LogP contribution in [0.5, 0.6) is 0 Å². The fraction of sp³-hybridized carbons (Fsp3) is 0.517. The van der Waals surface area contributed by atoms with E-state index in [0.29, 0.717) is 12.0 Å². The van der Waals surface area contributed by atoms with Crippen LogP contribution in [0.3, 0.4) is 0 Å². The van der Waals surface area contributed by atoms with E-state index in [2.05, 4.69) is 60.2 Å². The van der Waals surface area contributed by atoms with Crippen molar-refractivity contribution in [2.24, 2.45) is 5.92 Å². The Morgan fingerprint density at radius 1 is 1.06 bits per heavy atom. The normalized spacial score (nSPS) is 27.1. The summed E-state index contributed by atoms with van der Waals surface area (Å²) < 4.78 is 9.42. The first kappa shape index (κ1) is 22.2. The van der Waals surface area contributed by atoms with E-state index >= 15 is 0 Å². The predicted octanol–water partition coefficient (Wildman–Crippen LogP) is 7.06. The molecule has 5 heteroatoms. The summed E-state index contributed by atoms with van der Waals surface area (Å²) in [5.41, 5.74) is 3.96. The van der Waals surface area contributed by atoms with Crippen molar-refractivity contribution in [3.05, 3.63) is 59.4 Å². The maximum absolute atomic E-state index is 10.3. The lowest BCUT2D eigenvalue weighted by atomic mass is 9.65. The van der Waals surface area contributed by atoms with Gasteiger partial charge in [0.1, 0.15) is 16.9 Å². The van der Waals surface area contributed by atoms with E-state index < -0.39 is 11.0 Å². The predicted molar refractivity (Wildman–Crippen MR) is 137 cm³/mol. The number of rotatable bonds is 7. The third-order valence-corrected chi connectivity index (χ3v) is 9.20. The van der Waals surface area contributed by atoms with E-state index in [1.54, 1.807) is 11.8 Å². The Kier molecular flexibility index (Phi) is 5.50. The summed E-state index contributed by atoms with van der Waals surface area (Å²) >= 11 is 1.79. The minimum Gasteiger partial charge on any atom is -0.367 e. The highest BCUT2D eigenvalue weighted by atomic mass is 32.2. The number of aromatic nitrogens is 2. The van der Waals surface area contributed by atoms with Crippen molar-refractivity contribution >= 4 is 22.8 Å². The van der Waals surface area contributed by atoms with E-state index in [9.17, 15) is 5.26 Å². The molecule has 1 heterocycles. The van der Waals surface area contributed by atoms with Gasteiger partial charge in [-0.1, -0.05) is 36.4 Å². The van der Waals surface area contributed by atoms with Gasteiger partial charge in [0.15, 0.2) is 0 Å². The number of hydrogen-bond donors (Lipinski definition) is 0. The van der Waals surface area contributed by atoms with Crippen molar-refractivity contribution in [1.29, 1.82) is 5.26 Å². The largest absolute Gasteiger partial charge is 0.367 e. The summed E-state index contributed by atoms with van der Waals surface area (Å²) in [6, 6.07) is 18.1. The lowest BCUT2D eigenvalue weighted by Crippen LogP contribution is -2.43. The van der Waals surface area contributed by atoms with Crippen molar-refractivity contribution < 1.29 is 4.74 Å². The molecule has 2 aromatic carbocycles. The van der Waals surface area contributed by atoms with Crippen molar-refractivity contribution in [3.8, 4) is 6.07 Å². The minimum absolute atomic E-state index is 0.414. The lowest BCUT2D eigenvalue weighted by molar-refractivity contribution is -0.0956. The summed E-state index contributed by atoms with van der Waals surface area (Å²) in [4.78, 5) is 6.66. The summed E-state index contributed by atoms with van der Waals surface area (Å²) in [5, 5.41) is 10.3. The molecule has 0 radical (unpaired) electrons. The molecular formula is C29H33N3OS. The quantitative estimate of drug-likeness (QED) is 0.346. The maximum Gasteiger partial charge on any atom is 0.142 e. The molecule has 0 aliphatic heterocycles. The Morgan fingerprint density at radius 3 is 2.41 bits per heavy atom. The molecule has 0 spiro atoms. The molecule has 3 saturated carbocycles. The molecule has 3 aliphatic carbocycles. The Labute approximate surface area is 206 Å². The molecule has 0 atom stereocenters. The average molecular weight is 472 g/mol. The molecule has 34 heavy (non-hydrogen) atoms. The fourth-order valence-electron chi connectivity index (χ4n) is 5.82. The van der Waals surface area contributed by atoms with Crippen LogP contribution in [0.25, 0.3) is 11.0 Å². The van der Waals surface area contributed by atoms with Gasteiger partial charge in [0.2, 0.25) is 0 Å². The zero-order valence-electron chi connectivity index (χ0n) is 20.2. The molecule has 3 aliphatic rings. The second kappa shape index (κ2) is 8.43. The minimum atomic E-state index is -0.439. The number of nitriles is 1. The second-order valence-corrected chi connectivity index (χ2v) is 11.4. The Balaban J connectivity index is 1.45. The van der Waals surface area contributed by atoms with Crippen LogP contribution in [-0.2, 0) is 15.8 Å². The van der Waals surface area contributed by atoms with Crippen LogP contribution in [0, 0.1) is 24.2 Å². The fourth-order valence-corrected chi connectivity index (χ4v) is 6.55. The van der Waals surface area contributed by atoms with E-state index in [4.69, 9.17) is 9.72 Å². The number of ether oxygens (including phenoxy) is 1. The maximum atomic E-state index is 10.3. The first-order valence-electron chi connectivity index (χ1n) is 12.8. The number of hydrogen-bond acceptors (Lipinski definition) is 4. The number of benzene rings is 2. The topological polar surface area (TPSA) is 50.8 Å². The molecule has 3 aromatic rings. The van der Waals surface area contributed by atoms with Crippen LogP contribution >= 0.6 is 11.8 Å². The molecule has 6 rings (SSSR count). The van der Waals surface area contributed by atoms with Crippen molar-refractivity contribution in [1.82, 2.24) is 9.55 Å². The highest BCUT2D eigenvalue weighted by Crippen LogP contribution is 2.52. The van der Waals surface area contributed by atoms with Crippen LogP contribution in [0.1, 0.15) is 74.4 Å². The van der Waals surface area contributed by atoms with E-state index in [0.717, 1.165) is 49.2 Å². The van der Waals surface area contributed by atoms with Gasteiger partial charge >= 0.3 is 0 Å². The molecule has 0 N–H and O–H groups in total. The summed E-state index contributed by atoms with van der Waals surface area (Å²) in [6.45, 7) is 3.00. The number of thioether (sulfide) groups is 1. The Morgan fingerprint density at radius 2 is 1.79 bits per heavy atom. The smallest absolute Gasteiger partial charge is 0.142 e. The van der Waals surface area contributed by atoms with Gasteiger partial charge in [0.25, 0.3) is 0 Å². The number of imidazole rings is 1. The van der Waals surface area contributed by atoms with Gasteiger partial charge in [-0.15, -0.1) is 11.8 Å². The monoisotopic (exact) mass is 471 g/mol. The molecular weight excluding hydrogens is 438 g/mol. The number of nitrogens with zero attached hydrogens (tertiary/aromatic N) is 3. The summed E-state index contributed by atoms with van der Waals surface area (Å²) in [5.74, 6) is 1.81. The van der Waals surface area contributed by atoms with Crippen molar-refractivity contribution in [2.75, 3.05) is 12.9 Å². The highest BCUT2D eigenvalue weighted by molar-refractivity contribution is 7.98. The standard InChI is InChI=1S/C29H33N3OS/c1-20-8-13-24-25(26(20)34-2)31-27(32(24)23-11-12-23)29(33-18-21-9-10-21)16-14-28(19-30,15-17-29)22-6-4-3-5-7-22/h3-8,13,21,23H,9-12,14-18H2,1-2H3. The molecule has 0 saturated heterocycles. The highest BCUT2D eigenvalue weighted by Gasteiger charge is 2.50. The third-order valence-electron chi connectivity index (χ3n) is 8.28. The zero-order chi connectivity index (χ0) is 23.3. The Bertz CT molecular complexity index is 1240. The van der Waals surface area contributed by atoms with E-state index in [1.165, 1.54) is 41.7 Å². The van der Waals surface area contributed by atoms with Crippen LogP contribution in [0.2, 0.25) is 0 Å². The molecule has 1 aromatic heterocycles. The molecule has 4 nitrogen and oxygen atoms in total. The summed E-state index contributed by atoms with van der Waals surface area (Å²) in [6.07, 6.45) is 10.4. The first-order chi connectivity index (χ1) is 16.6. The van der Waals surface area contributed by atoms with Gasteiger partial charge in [-0.05, 0) is 87.7 Å². The molecule has 0 unspecified atom stereocenters. The number of aryl methyl sites for hydroxylation is 1. The van der Waals surface area contributed by atoms with Crippen molar-refractivity contribution in [2.45, 2.75) is 80.2 Å². The zero-order valence-corrected chi connectivity index (χ0v) is 21.0. The van der Waals surface area contributed by atoms with Crippen LogP contribution < -0.4 is 0 Å². The van der Waals surface area contributed by atoms with Crippen LogP contribution in [0.4, 0.5) is 0 Å². The van der Waals surface area contributed by atoms with Crippen LogP contribution in [0.15, 0.2) is 47.4 Å². The van der Waals surface area contributed by atoms with Gasteiger partial charge in [0.05, 0.1) is 23.6 Å². The van der Waals surface area contributed by atoms with E-state index in [-0.39, 0.29) is 0 Å². The van der Waals surface area contributed by atoms with Gasteiger partial charge in [-0.25, -0.2) is 4.98 Å². The lowest BCUT2D eigenvalue weighted by Gasteiger charge is -2.43. The summed E-state index contributed by atoms with van der Waals surface area (Å²) in [7, 11) is 0. The molecule has 3 fully saturated rings. The van der Waals surface area contributed by atoms with Gasteiger partial charge in [-0.2, -0.15) is 5.26 Å². The molecule has 0 bridgehead atoms. The third kappa shape index (κ3) is 3.67. The average Bonchev–Trinajstić information content (AvgIpc) is 3.82. The number of fused-ring (bicyclic) bond motifs is 1. The molecule has 176 valence electrons. The second-order valence-electron chi connectivity index (χ2n) is 10.6. The van der Waals surface area contributed by atoms with Gasteiger partial charge < -0.3 is 9.30 Å². The van der Waals surface area contributed by atoms with Crippen molar-refractivity contribution in [3.63, 3.8) is 0 Å². The van der Waals surface area contributed by atoms with Gasteiger partial charge in [0, 0.05) is 10.9 Å². The SMILES string of the molecule is CSc1c(C)ccc2c1nc(C1(OCC3CC3)CCC(C#N)(c3ccccc3)CC1)n2C1CC1. The molecule has 0 amide bonds. The van der Waals surface area contributed by atoms with E-state index in [1.807, 2.05) is 6.07 Å². The van der Waals surface area contributed by atoms with Gasteiger partial charge in [-0.3, -0.25) is 0 Å². The Hall–Kier alpha value is -2.29.